The molecule has 0 unspecified atom stereocenters. The predicted molar refractivity (Wildman–Crippen MR) is 117 cm³/mol. The van der Waals surface area contributed by atoms with Crippen LogP contribution in [0.3, 0.4) is 0 Å². The van der Waals surface area contributed by atoms with Gasteiger partial charge in [0.05, 0.1) is 7.11 Å². The molecule has 0 saturated carbocycles. The third kappa shape index (κ3) is 4.53. The van der Waals surface area contributed by atoms with E-state index in [-0.39, 0.29) is 11.7 Å². The Morgan fingerprint density at radius 1 is 1.00 bits per heavy atom. The molecule has 31 heavy (non-hydrogen) atoms. The Morgan fingerprint density at radius 2 is 1.68 bits per heavy atom. The molecule has 2 aromatic carbocycles. The van der Waals surface area contributed by atoms with Gasteiger partial charge in [0.1, 0.15) is 12.4 Å². The van der Waals surface area contributed by atoms with Gasteiger partial charge < -0.3 is 19.2 Å². The summed E-state index contributed by atoms with van der Waals surface area (Å²) >= 11 is 0. The Kier molecular flexibility index (Phi) is 6.17. The van der Waals surface area contributed by atoms with Crippen molar-refractivity contribution in [1.82, 2.24) is 5.32 Å². The highest BCUT2D eigenvalue weighted by Gasteiger charge is 2.28. The Balaban J connectivity index is 1.25. The van der Waals surface area contributed by atoms with E-state index in [0.29, 0.717) is 25.3 Å². The zero-order valence-electron chi connectivity index (χ0n) is 17.2. The van der Waals surface area contributed by atoms with Gasteiger partial charge in [0.15, 0.2) is 0 Å². The summed E-state index contributed by atoms with van der Waals surface area (Å²) in [5.74, 6) is 0.220. The lowest BCUT2D eigenvalue weighted by Gasteiger charge is -2.14. The molecule has 3 aromatic rings. The second kappa shape index (κ2) is 9.34. The fourth-order valence-electron chi connectivity index (χ4n) is 3.76. The van der Waals surface area contributed by atoms with Gasteiger partial charge in [-0.1, -0.05) is 54.6 Å². The molecule has 4 rings (SSSR count). The van der Waals surface area contributed by atoms with Crippen molar-refractivity contribution in [2.75, 3.05) is 20.3 Å². The first-order valence-electron chi connectivity index (χ1n) is 10.1. The summed E-state index contributed by atoms with van der Waals surface area (Å²) in [5.41, 5.74) is 4.77. The maximum Gasteiger partial charge on any atom is 0.407 e. The lowest BCUT2D eigenvalue weighted by molar-refractivity contribution is 0.0564. The lowest BCUT2D eigenvalue weighted by atomic mass is 9.98. The second-order valence-electron chi connectivity index (χ2n) is 7.14. The van der Waals surface area contributed by atoms with Crippen molar-refractivity contribution >= 4 is 18.1 Å². The number of carbonyl (C=O) groups excluding carboxylic acids is 2. The van der Waals surface area contributed by atoms with Gasteiger partial charge >= 0.3 is 12.1 Å². The number of furan rings is 1. The van der Waals surface area contributed by atoms with Crippen molar-refractivity contribution in [2.24, 2.45) is 0 Å². The molecule has 6 heteroatoms. The van der Waals surface area contributed by atoms with E-state index >= 15 is 0 Å². The molecule has 1 aliphatic rings. The molecule has 0 saturated heterocycles. The fourth-order valence-corrected chi connectivity index (χ4v) is 3.76. The van der Waals surface area contributed by atoms with Crippen LogP contribution in [0, 0.1) is 0 Å². The van der Waals surface area contributed by atoms with Crippen LogP contribution in [-0.4, -0.2) is 32.3 Å². The Morgan fingerprint density at radius 3 is 2.35 bits per heavy atom. The smallest absolute Gasteiger partial charge is 0.407 e. The quantitative estimate of drug-likeness (QED) is 0.432. The minimum Gasteiger partial charge on any atom is -0.463 e. The standard InChI is InChI=1S/C25H23NO5/c1-29-24(27)23-14-13-17(31-23)8-6-7-15-26-25(28)30-16-22-20-11-4-2-9-18(20)19-10-3-5-12-21(19)22/h2-6,8-14,22H,7,15-16H2,1H3,(H,26,28). The Hall–Kier alpha value is -3.80. The Labute approximate surface area is 180 Å². The molecule has 1 N–H and O–H groups in total. The van der Waals surface area contributed by atoms with E-state index in [2.05, 4.69) is 34.3 Å². The van der Waals surface area contributed by atoms with Crippen molar-refractivity contribution in [3.05, 3.63) is 89.4 Å². The number of amides is 1. The summed E-state index contributed by atoms with van der Waals surface area (Å²) in [7, 11) is 1.30. The highest BCUT2D eigenvalue weighted by Crippen LogP contribution is 2.44. The molecule has 158 valence electrons. The van der Waals surface area contributed by atoms with Crippen molar-refractivity contribution in [2.45, 2.75) is 12.3 Å². The minimum absolute atomic E-state index is 0.0426. The molecule has 0 fully saturated rings. The van der Waals surface area contributed by atoms with Crippen molar-refractivity contribution in [3.63, 3.8) is 0 Å². The third-order valence-corrected chi connectivity index (χ3v) is 5.22. The second-order valence-corrected chi connectivity index (χ2v) is 7.14. The first kappa shape index (κ1) is 20.5. The molecule has 0 radical (unpaired) electrons. The largest absolute Gasteiger partial charge is 0.463 e. The van der Waals surface area contributed by atoms with E-state index in [0.717, 1.165) is 0 Å². The van der Waals surface area contributed by atoms with Gasteiger partial charge in [-0.3, -0.25) is 0 Å². The number of carbonyl (C=O) groups is 2. The lowest BCUT2D eigenvalue weighted by Crippen LogP contribution is -2.26. The van der Waals surface area contributed by atoms with Crippen molar-refractivity contribution in [1.29, 1.82) is 0 Å². The number of nitrogens with one attached hydrogen (secondary N) is 1. The van der Waals surface area contributed by atoms with Gasteiger partial charge in [-0.25, -0.2) is 9.59 Å². The van der Waals surface area contributed by atoms with E-state index < -0.39 is 12.1 Å². The summed E-state index contributed by atoms with van der Waals surface area (Å²) < 4.78 is 15.4. The molecular formula is C25H23NO5. The number of rotatable bonds is 7. The topological polar surface area (TPSA) is 77.8 Å². The number of benzene rings is 2. The summed E-state index contributed by atoms with van der Waals surface area (Å²) in [6.07, 6.45) is 3.75. The number of hydrogen-bond donors (Lipinski definition) is 1. The summed E-state index contributed by atoms with van der Waals surface area (Å²) in [6.45, 7) is 0.718. The Bertz CT molecular complexity index is 1070. The van der Waals surface area contributed by atoms with Crippen LogP contribution in [0.25, 0.3) is 17.2 Å². The van der Waals surface area contributed by atoms with Gasteiger partial charge in [0.25, 0.3) is 0 Å². The monoisotopic (exact) mass is 417 g/mol. The van der Waals surface area contributed by atoms with Crippen molar-refractivity contribution < 1.29 is 23.5 Å². The van der Waals surface area contributed by atoms with Gasteiger partial charge in [0, 0.05) is 12.5 Å². The zero-order chi connectivity index (χ0) is 21.6. The summed E-state index contributed by atoms with van der Waals surface area (Å²) in [6, 6.07) is 19.7. The highest BCUT2D eigenvalue weighted by atomic mass is 16.5. The van der Waals surface area contributed by atoms with Crippen LogP contribution in [0.4, 0.5) is 4.79 Å². The van der Waals surface area contributed by atoms with Crippen LogP contribution < -0.4 is 5.32 Å². The summed E-state index contributed by atoms with van der Waals surface area (Å²) in [4.78, 5) is 23.5. The molecule has 1 amide bonds. The average Bonchev–Trinajstić information content (AvgIpc) is 3.40. The molecule has 0 spiro atoms. The van der Waals surface area contributed by atoms with Crippen LogP contribution in [0.2, 0.25) is 0 Å². The zero-order valence-corrected chi connectivity index (χ0v) is 17.2. The van der Waals surface area contributed by atoms with E-state index in [1.165, 1.54) is 29.4 Å². The predicted octanol–water partition coefficient (Wildman–Crippen LogP) is 5.01. The maximum atomic E-state index is 12.1. The third-order valence-electron chi connectivity index (χ3n) is 5.22. The SMILES string of the molecule is COC(=O)c1ccc(C=CCCNC(=O)OCC2c3ccccc3-c3ccccc32)o1. The number of alkyl carbamates (subject to hydrolysis) is 1. The summed E-state index contributed by atoms with van der Waals surface area (Å²) in [5, 5.41) is 2.76. The number of ether oxygens (including phenoxy) is 2. The molecule has 6 nitrogen and oxygen atoms in total. The minimum atomic E-state index is -0.517. The van der Waals surface area contributed by atoms with Crippen molar-refractivity contribution in [3.8, 4) is 11.1 Å². The van der Waals surface area contributed by atoms with Crippen LogP contribution in [-0.2, 0) is 9.47 Å². The normalized spacial score (nSPS) is 12.4. The van der Waals surface area contributed by atoms with Gasteiger partial charge in [-0.2, -0.15) is 0 Å². The molecule has 0 bridgehead atoms. The number of fused-ring (bicyclic) bond motifs is 3. The van der Waals surface area contributed by atoms with Crippen LogP contribution in [0.1, 0.15) is 39.8 Å². The van der Waals surface area contributed by atoms with E-state index in [9.17, 15) is 9.59 Å². The molecule has 0 atom stereocenters. The van der Waals surface area contributed by atoms with E-state index in [1.54, 1.807) is 18.2 Å². The number of hydrogen-bond acceptors (Lipinski definition) is 5. The molecule has 0 aliphatic heterocycles. The first-order chi connectivity index (χ1) is 15.2. The van der Waals surface area contributed by atoms with Gasteiger partial charge in [-0.05, 0) is 46.9 Å². The molecule has 1 heterocycles. The first-order valence-corrected chi connectivity index (χ1v) is 10.1. The van der Waals surface area contributed by atoms with Crippen LogP contribution in [0.15, 0.2) is 71.2 Å². The van der Waals surface area contributed by atoms with Crippen LogP contribution in [0.5, 0.6) is 0 Å². The molecule has 1 aromatic heterocycles. The van der Waals surface area contributed by atoms with E-state index in [1.807, 2.05) is 30.3 Å². The molecule has 1 aliphatic carbocycles. The maximum absolute atomic E-state index is 12.1. The van der Waals surface area contributed by atoms with E-state index in [4.69, 9.17) is 9.15 Å². The van der Waals surface area contributed by atoms with Crippen LogP contribution >= 0.6 is 0 Å². The molecular weight excluding hydrogens is 394 g/mol. The number of methoxy groups -OCH3 is 1. The number of esters is 1. The highest BCUT2D eigenvalue weighted by molar-refractivity contribution is 5.86. The van der Waals surface area contributed by atoms with Gasteiger partial charge in [-0.15, -0.1) is 0 Å². The average molecular weight is 417 g/mol. The van der Waals surface area contributed by atoms with Gasteiger partial charge in [0.2, 0.25) is 5.76 Å². The fraction of sp³-hybridized carbons (Fsp3) is 0.200.